The monoisotopic (exact) mass is 869 g/mol. The smallest absolute Gasteiger partial charge is 0.187 e. The van der Waals surface area contributed by atoms with Crippen LogP contribution < -0.4 is 0 Å². The van der Waals surface area contributed by atoms with Gasteiger partial charge in [0.05, 0.1) is 39.3 Å². The molecule has 0 bridgehead atoms. The number of hydrogen-bond acceptors (Lipinski definition) is 9. The van der Waals surface area contributed by atoms with Gasteiger partial charge in [-0.1, -0.05) is 91.0 Å². The third-order valence-corrected chi connectivity index (χ3v) is 19.0. The molecule has 9 nitrogen and oxygen atoms in total. The van der Waals surface area contributed by atoms with Gasteiger partial charge in [-0.05, 0) is 22.8 Å². The summed E-state index contributed by atoms with van der Waals surface area (Å²) in [6.07, 6.45) is 3.59. The van der Waals surface area contributed by atoms with E-state index >= 15 is 0 Å². The van der Waals surface area contributed by atoms with Crippen molar-refractivity contribution in [2.24, 2.45) is 0 Å². The summed E-state index contributed by atoms with van der Waals surface area (Å²) in [6.45, 7) is 8.15. The Morgan fingerprint density at radius 2 is 1.05 bits per heavy atom. The first-order valence-corrected chi connectivity index (χ1v) is 26.4. The van der Waals surface area contributed by atoms with Crippen LogP contribution in [0.2, 0.25) is 13.3 Å². The Morgan fingerprint density at radius 3 is 1.55 bits per heavy atom. The van der Waals surface area contributed by atoms with Gasteiger partial charge in [-0.2, -0.15) is 0 Å². The minimum absolute atomic E-state index is 0.0156. The molecule has 0 spiro atoms. The van der Waals surface area contributed by atoms with Crippen molar-refractivity contribution in [3.8, 4) is 0 Å². The van der Waals surface area contributed by atoms with Crippen LogP contribution in [-0.4, -0.2) is 97.3 Å². The van der Waals surface area contributed by atoms with Crippen molar-refractivity contribution in [3.05, 3.63) is 120 Å². The Labute approximate surface area is 336 Å². The molecule has 3 aromatic rings. The van der Waals surface area contributed by atoms with Crippen molar-refractivity contribution in [3.63, 3.8) is 0 Å². The first-order valence-electron chi connectivity index (χ1n) is 20.3. The van der Waals surface area contributed by atoms with Gasteiger partial charge in [0.15, 0.2) is 12.4 Å². The van der Waals surface area contributed by atoms with E-state index in [2.05, 4.69) is 20.8 Å². The molecule has 5 rings (SSSR count). The Bertz CT molecular complexity index is 1400. The van der Waals surface area contributed by atoms with Gasteiger partial charge in [0, 0.05) is 0 Å². The molecular weight excluding hydrogens is 803 g/mol. The van der Waals surface area contributed by atoms with Gasteiger partial charge in [-0.15, -0.1) is 0 Å². The quantitative estimate of drug-likeness (QED) is 0.0865. The molecular formula is C45H65O9Sn. The van der Waals surface area contributed by atoms with E-state index in [4.69, 9.17) is 28.4 Å². The molecule has 2 heterocycles. The van der Waals surface area contributed by atoms with Gasteiger partial charge in [-0.25, -0.2) is 0 Å². The van der Waals surface area contributed by atoms with E-state index in [0.29, 0.717) is 19.8 Å². The molecule has 0 unspecified atom stereocenters. The average Bonchev–Trinajstić information content (AvgIpc) is 3.22. The van der Waals surface area contributed by atoms with Crippen LogP contribution in [0.4, 0.5) is 0 Å². The fourth-order valence-electron chi connectivity index (χ4n) is 6.55. The third-order valence-electron chi connectivity index (χ3n) is 9.90. The Balaban J connectivity index is 0.000000444. The predicted molar refractivity (Wildman–Crippen MR) is 218 cm³/mol. The van der Waals surface area contributed by atoms with Gasteiger partial charge >= 0.3 is 92.4 Å². The number of ether oxygens (including phenoxy) is 6. The zero-order chi connectivity index (χ0) is 39.1. The fraction of sp³-hybridized carbons (Fsp3) is 0.556. The summed E-state index contributed by atoms with van der Waals surface area (Å²) in [5, 5.41) is 32.1. The van der Waals surface area contributed by atoms with Gasteiger partial charge in [0.25, 0.3) is 0 Å². The molecule has 10 heteroatoms. The maximum absolute atomic E-state index is 10.8. The van der Waals surface area contributed by atoms with Crippen molar-refractivity contribution in [2.45, 2.75) is 141 Å². The molecule has 1 saturated heterocycles. The number of aliphatic hydroxyl groups excluding tert-OH is 3. The fourth-order valence-corrected chi connectivity index (χ4v) is 16.0. The molecule has 55 heavy (non-hydrogen) atoms. The third kappa shape index (κ3) is 16.2. The van der Waals surface area contributed by atoms with Crippen LogP contribution in [0.15, 0.2) is 103 Å². The van der Waals surface area contributed by atoms with Crippen LogP contribution in [0, 0.1) is 0 Å². The number of unbranched alkanes of at least 4 members (excludes halogenated alkanes) is 3. The zero-order valence-corrected chi connectivity index (χ0v) is 36.0. The molecule has 0 aromatic heterocycles. The van der Waals surface area contributed by atoms with Crippen LogP contribution in [-0.2, 0) is 48.2 Å². The topological polar surface area (TPSA) is 116 Å². The van der Waals surface area contributed by atoms with Crippen molar-refractivity contribution in [1.29, 1.82) is 0 Å². The zero-order valence-electron chi connectivity index (χ0n) is 33.1. The molecule has 2 aliphatic rings. The Morgan fingerprint density at radius 1 is 0.582 bits per heavy atom. The van der Waals surface area contributed by atoms with E-state index in [1.54, 1.807) is 25.6 Å². The van der Waals surface area contributed by atoms with Gasteiger partial charge < -0.3 is 43.7 Å². The molecule has 3 N–H and O–H groups in total. The second kappa shape index (κ2) is 26.6. The molecule has 1 radical (unpaired) electrons. The molecule has 303 valence electrons. The first-order chi connectivity index (χ1) is 26.9. The summed E-state index contributed by atoms with van der Waals surface area (Å²) >= 11 is -0.839. The van der Waals surface area contributed by atoms with E-state index in [1.807, 2.05) is 91.0 Å². The normalized spacial score (nSPS) is 24.9. The number of rotatable bonds is 22. The molecule has 0 amide bonds. The van der Waals surface area contributed by atoms with Crippen molar-refractivity contribution < 1.29 is 43.7 Å². The van der Waals surface area contributed by atoms with Crippen LogP contribution in [0.5, 0.6) is 0 Å². The van der Waals surface area contributed by atoms with Crippen molar-refractivity contribution in [2.75, 3.05) is 13.2 Å². The van der Waals surface area contributed by atoms with E-state index < -0.39 is 68.8 Å². The Kier molecular flexibility index (Phi) is 21.9. The summed E-state index contributed by atoms with van der Waals surface area (Å²) < 4.78 is 41.1. The van der Waals surface area contributed by atoms with E-state index in [-0.39, 0.29) is 13.2 Å². The second-order valence-corrected chi connectivity index (χ2v) is 23.0. The summed E-state index contributed by atoms with van der Waals surface area (Å²) in [4.78, 5) is 0. The average molecular weight is 869 g/mol. The molecule has 0 saturated carbocycles. The maximum Gasteiger partial charge on any atom is 0.187 e. The van der Waals surface area contributed by atoms with Crippen molar-refractivity contribution >= 4 is 19.8 Å². The van der Waals surface area contributed by atoms with Crippen LogP contribution >= 0.6 is 0 Å². The van der Waals surface area contributed by atoms with Crippen molar-refractivity contribution in [1.82, 2.24) is 0 Å². The summed E-state index contributed by atoms with van der Waals surface area (Å²) in [7, 11) is 0. The van der Waals surface area contributed by atoms with E-state index in [9.17, 15) is 15.3 Å². The minimum Gasteiger partial charge on any atom is -0.493 e. The molecule has 1 fully saturated rings. The number of hydrogen-bond donors (Lipinski definition) is 3. The number of aliphatic hydroxyl groups is 3. The molecule has 2 aliphatic heterocycles. The van der Waals surface area contributed by atoms with E-state index in [0.717, 1.165) is 16.7 Å². The summed E-state index contributed by atoms with van der Waals surface area (Å²) in [5.74, 6) is 0. The predicted octanol–water partition coefficient (Wildman–Crippen LogP) is 7.99. The first kappa shape index (κ1) is 45.4. The molecule has 8 atom stereocenters. The largest absolute Gasteiger partial charge is 0.493 e. The minimum atomic E-state index is -1.52. The SMILES string of the molecule is CCC[CH2][Sn]([CH2]CCC)[CH2]CCC.O[C@H]1[C@@H](O)[C@@H](COCc2ccccc2)O[C@@H](O[C@H]2[C@H](OCc3ccccc3)C=CO[C@@H]2COCc2ccccc2)[C@@H]1O. The Hall–Kier alpha value is -2.32. The standard InChI is InChI=1S/C33H38O9.3C4H9.Sn/c34-29-27(21-37-18-23-10-4-1-5-11-23)41-33(31(36)30(29)35)42-32-26(40-20-25-14-8-3-9-15-25)16-17-39-28(32)22-38-19-24-12-6-2-7-13-24;3*1-3-4-2;/h1-17,26-36H,18-22H2;3*1,3-4H2,2H3;/t26-,27-,28-,29+,30+,31-,32+,33+;;;;/m1..../s1. The molecule has 3 aromatic carbocycles. The second-order valence-electron chi connectivity index (χ2n) is 14.4. The van der Waals surface area contributed by atoms with Gasteiger partial charge in [0.1, 0.15) is 36.6 Å². The van der Waals surface area contributed by atoms with E-state index in [1.165, 1.54) is 38.5 Å². The summed E-state index contributed by atoms with van der Waals surface area (Å²) in [5.41, 5.74) is 2.95. The van der Waals surface area contributed by atoms with Crippen LogP contribution in [0.25, 0.3) is 0 Å². The maximum atomic E-state index is 10.8. The number of benzene rings is 3. The summed E-state index contributed by atoms with van der Waals surface area (Å²) in [6, 6.07) is 29.1. The van der Waals surface area contributed by atoms with Crippen LogP contribution in [0.1, 0.15) is 76.0 Å². The van der Waals surface area contributed by atoms with Crippen LogP contribution in [0.3, 0.4) is 0 Å². The van der Waals surface area contributed by atoms with Gasteiger partial charge in [-0.3, -0.25) is 0 Å². The van der Waals surface area contributed by atoms with Gasteiger partial charge in [0.2, 0.25) is 0 Å². The molecule has 0 aliphatic carbocycles.